The molecule has 11 nitrogen and oxygen atoms in total. The van der Waals surface area contributed by atoms with Gasteiger partial charge in [0.15, 0.2) is 17.4 Å². The van der Waals surface area contributed by atoms with Crippen LogP contribution in [0.25, 0.3) is 0 Å². The molecule has 23 heteroatoms. The quantitative estimate of drug-likeness (QED) is 0.0818. The lowest BCUT2D eigenvalue weighted by molar-refractivity contribution is 0.253. The Kier molecular flexibility index (Phi) is 19.6. The number of rotatable bonds is 25. The molecule has 0 atom stereocenters. The fourth-order valence-electron chi connectivity index (χ4n) is 7.43. The van der Waals surface area contributed by atoms with Crippen molar-refractivity contribution in [2.75, 3.05) is 0 Å². The second-order valence-electron chi connectivity index (χ2n) is 19.0. The minimum Gasteiger partial charge on any atom is -0.440 e. The van der Waals surface area contributed by atoms with Crippen LogP contribution < -0.4 is 0 Å². The Labute approximate surface area is 329 Å². The van der Waals surface area contributed by atoms with Gasteiger partial charge < -0.3 is 45.3 Å². The summed E-state index contributed by atoms with van der Waals surface area (Å²) >= 11 is 0. The SMILES string of the molecule is CCCC[Si](C)(C)O[Si](C)(C)O[Si](C)(C)O[Si](C)(C)O[Si](C)(C)O[Si](C)(C)O[Si](C)(C)O[Si](C)(C)O[Si](C)(C)O[Si](C)(C)O[Si](C)(C)O[SiH](C)C. The summed E-state index contributed by atoms with van der Waals surface area (Å²) in [6, 6.07) is 1.14. The van der Waals surface area contributed by atoms with Gasteiger partial charge in [-0.3, -0.25) is 0 Å². The van der Waals surface area contributed by atoms with Gasteiger partial charge >= 0.3 is 85.6 Å². The van der Waals surface area contributed by atoms with Gasteiger partial charge in [0.05, 0.1) is 0 Å². The molecule has 0 fully saturated rings. The van der Waals surface area contributed by atoms with Gasteiger partial charge in [-0.1, -0.05) is 19.8 Å². The Morgan fingerprint density at radius 3 is 0.706 bits per heavy atom. The molecular formula is C28H82O11Si12. The predicted molar refractivity (Wildman–Crippen MR) is 243 cm³/mol. The number of unbranched alkanes of at least 4 members (excludes halogenated alkanes) is 1. The summed E-state index contributed by atoms with van der Waals surface area (Å²) < 4.78 is 73.8. The average Bonchev–Trinajstić information content (AvgIpc) is 2.66. The van der Waals surface area contributed by atoms with E-state index in [9.17, 15) is 0 Å². The lowest BCUT2D eigenvalue weighted by atomic mass is 10.4. The van der Waals surface area contributed by atoms with Gasteiger partial charge in [0.2, 0.25) is 0 Å². The Morgan fingerprint density at radius 2 is 0.510 bits per heavy atom. The van der Waals surface area contributed by atoms with E-state index in [0.29, 0.717) is 0 Å². The van der Waals surface area contributed by atoms with Gasteiger partial charge in [0.1, 0.15) is 0 Å². The van der Waals surface area contributed by atoms with Gasteiger partial charge in [0.25, 0.3) is 0 Å². The molecule has 0 aromatic carbocycles. The standard InChI is InChI=1S/C28H82O11Si12/c1-26-27-28-41(4,5)30-43(8,9)32-45(12,13)34-47(16,17)36-49(20,21)38-51(24,25)39-50(22,23)37-48(18,19)35-46(14,15)33-44(10,11)31-42(6,7)29-40(2)3/h40H,26-28H2,1-25H3. The van der Waals surface area contributed by atoms with E-state index in [1.165, 1.54) is 12.8 Å². The topological polar surface area (TPSA) is 102 Å². The van der Waals surface area contributed by atoms with E-state index >= 15 is 0 Å². The average molecular weight is 932 g/mol. The summed E-state index contributed by atoms with van der Waals surface area (Å²) in [5.74, 6) is 0. The van der Waals surface area contributed by atoms with Crippen LogP contribution in [0.15, 0.2) is 0 Å². The van der Waals surface area contributed by atoms with Crippen LogP contribution in [0, 0.1) is 0 Å². The zero-order valence-corrected chi connectivity index (χ0v) is 49.8. The molecule has 0 spiro atoms. The first kappa shape index (κ1) is 53.2. The first-order valence-corrected chi connectivity index (χ1v) is 52.8. The third-order valence-electron chi connectivity index (χ3n) is 6.60. The van der Waals surface area contributed by atoms with Crippen LogP contribution in [0.2, 0.25) is 163 Å². The Bertz CT molecular complexity index is 1090. The summed E-state index contributed by atoms with van der Waals surface area (Å²) in [4.78, 5) is 0. The highest BCUT2D eigenvalue weighted by atomic mass is 28.5. The maximum absolute atomic E-state index is 6.82. The van der Waals surface area contributed by atoms with Crippen molar-refractivity contribution in [3.05, 3.63) is 0 Å². The highest BCUT2D eigenvalue weighted by Crippen LogP contribution is 2.31. The number of hydrogen-bond acceptors (Lipinski definition) is 11. The summed E-state index contributed by atoms with van der Waals surface area (Å²) in [7, 11) is -28.9. The van der Waals surface area contributed by atoms with Crippen LogP contribution in [0.3, 0.4) is 0 Å². The van der Waals surface area contributed by atoms with Crippen LogP contribution >= 0.6 is 0 Å². The van der Waals surface area contributed by atoms with Gasteiger partial charge in [0, 0.05) is 0 Å². The molecule has 0 N–H and O–H groups in total. The van der Waals surface area contributed by atoms with Crippen molar-refractivity contribution in [2.24, 2.45) is 0 Å². The highest BCUT2D eigenvalue weighted by Gasteiger charge is 2.51. The van der Waals surface area contributed by atoms with E-state index in [1.807, 2.05) is 0 Å². The van der Waals surface area contributed by atoms with Crippen molar-refractivity contribution in [1.82, 2.24) is 0 Å². The maximum Gasteiger partial charge on any atom is 0.314 e. The highest BCUT2D eigenvalue weighted by molar-refractivity contribution is 6.93. The molecule has 0 amide bonds. The second kappa shape index (κ2) is 18.8. The second-order valence-corrected chi connectivity index (χ2v) is 62.3. The van der Waals surface area contributed by atoms with Crippen molar-refractivity contribution < 1.29 is 45.3 Å². The number of hydrogen-bond donors (Lipinski definition) is 0. The first-order valence-electron chi connectivity index (χ1n) is 18.7. The van der Waals surface area contributed by atoms with Crippen molar-refractivity contribution in [3.8, 4) is 0 Å². The molecule has 0 saturated heterocycles. The van der Waals surface area contributed by atoms with Crippen LogP contribution in [0.4, 0.5) is 0 Å². The largest absolute Gasteiger partial charge is 0.440 e. The third-order valence-corrected chi connectivity index (χ3v) is 51.9. The van der Waals surface area contributed by atoms with E-state index in [4.69, 9.17) is 45.3 Å². The first-order chi connectivity index (χ1) is 22.0. The van der Waals surface area contributed by atoms with Gasteiger partial charge in [-0.25, -0.2) is 0 Å². The molecule has 0 unspecified atom stereocenters. The normalized spacial score (nSPS) is 15.6. The molecule has 0 bridgehead atoms. The molecule has 0 saturated carbocycles. The molecule has 0 aliphatic rings. The smallest absolute Gasteiger partial charge is 0.314 e. The van der Waals surface area contributed by atoms with Crippen molar-refractivity contribution >= 4 is 103 Å². The van der Waals surface area contributed by atoms with Gasteiger partial charge in [-0.05, 0) is 163 Å². The Hall–Kier alpha value is 2.16. The molecule has 0 rings (SSSR count). The van der Waals surface area contributed by atoms with E-state index < -0.39 is 103 Å². The molecule has 0 heterocycles. The van der Waals surface area contributed by atoms with Gasteiger partial charge in [-0.15, -0.1) is 0 Å². The third kappa shape index (κ3) is 25.2. The minimum absolute atomic E-state index is 1.14. The Balaban J connectivity index is 5.54. The summed E-state index contributed by atoms with van der Waals surface area (Å²) in [6.45, 7) is 53.0. The molecular weight excluding hydrogens is 849 g/mol. The zero-order chi connectivity index (χ0) is 41.0. The molecule has 0 aromatic rings. The van der Waals surface area contributed by atoms with Crippen LogP contribution in [0.1, 0.15) is 19.8 Å². The van der Waals surface area contributed by atoms with E-state index in [-0.39, 0.29) is 0 Å². The van der Waals surface area contributed by atoms with Crippen LogP contribution in [-0.2, 0) is 45.3 Å². The Morgan fingerprint density at radius 1 is 0.314 bits per heavy atom. The lowest BCUT2D eigenvalue weighted by Gasteiger charge is -2.45. The van der Waals surface area contributed by atoms with E-state index in [1.54, 1.807) is 0 Å². The fraction of sp³-hybridized carbons (Fsp3) is 1.00. The summed E-state index contributed by atoms with van der Waals surface area (Å²) in [6.07, 6.45) is 2.37. The molecule has 0 radical (unpaired) electrons. The molecule has 308 valence electrons. The van der Waals surface area contributed by atoms with Crippen molar-refractivity contribution in [3.63, 3.8) is 0 Å². The zero-order valence-electron chi connectivity index (χ0n) is 37.7. The van der Waals surface area contributed by atoms with Crippen LogP contribution in [0.5, 0.6) is 0 Å². The molecule has 0 aliphatic carbocycles. The predicted octanol–water partition coefficient (Wildman–Crippen LogP) is 10.2. The summed E-state index contributed by atoms with van der Waals surface area (Å²) in [5, 5.41) is 0. The lowest BCUT2D eigenvalue weighted by Crippen LogP contribution is -2.62. The summed E-state index contributed by atoms with van der Waals surface area (Å²) in [5.41, 5.74) is 0. The molecule has 51 heavy (non-hydrogen) atoms. The fourth-order valence-corrected chi connectivity index (χ4v) is 67.0. The van der Waals surface area contributed by atoms with Gasteiger partial charge in [-0.2, -0.15) is 0 Å². The van der Waals surface area contributed by atoms with Crippen molar-refractivity contribution in [2.45, 2.75) is 183 Å². The maximum atomic E-state index is 6.82. The van der Waals surface area contributed by atoms with E-state index in [2.05, 4.69) is 164 Å². The monoisotopic (exact) mass is 930 g/mol. The molecule has 0 aliphatic heterocycles. The minimum atomic E-state index is -2.71. The van der Waals surface area contributed by atoms with Crippen LogP contribution in [-0.4, -0.2) is 103 Å². The van der Waals surface area contributed by atoms with Crippen molar-refractivity contribution in [1.29, 1.82) is 0 Å². The van der Waals surface area contributed by atoms with E-state index in [0.717, 1.165) is 6.04 Å². The molecule has 0 aromatic heterocycles.